The van der Waals surface area contributed by atoms with E-state index < -0.39 is 8.32 Å². The van der Waals surface area contributed by atoms with Crippen molar-refractivity contribution in [2.45, 2.75) is 65.3 Å². The van der Waals surface area contributed by atoms with E-state index in [1.165, 1.54) is 21.5 Å². The van der Waals surface area contributed by atoms with Crippen molar-refractivity contribution in [3.63, 3.8) is 0 Å². The minimum Gasteiger partial charge on any atom is -0.415 e. The van der Waals surface area contributed by atoms with Gasteiger partial charge in [0.05, 0.1) is 18.5 Å². The lowest BCUT2D eigenvalue weighted by molar-refractivity contribution is 0.267. The maximum atomic E-state index is 13.3. The number of aromatic nitrogens is 2. The highest BCUT2D eigenvalue weighted by Crippen LogP contribution is 2.36. The minimum atomic E-state index is -1.94. The lowest BCUT2D eigenvalue weighted by atomic mass is 10.1. The van der Waals surface area contributed by atoms with E-state index in [0.29, 0.717) is 18.5 Å². The zero-order valence-electron chi connectivity index (χ0n) is 18.8. The van der Waals surface area contributed by atoms with Gasteiger partial charge in [-0.2, -0.15) is 0 Å². The fraction of sp³-hybridized carbons (Fsp3) is 0.478. The van der Waals surface area contributed by atoms with Gasteiger partial charge in [-0.15, -0.1) is 11.3 Å². The Morgan fingerprint density at radius 1 is 1.03 bits per heavy atom. The van der Waals surface area contributed by atoms with E-state index in [-0.39, 0.29) is 22.8 Å². The Morgan fingerprint density at radius 2 is 1.70 bits per heavy atom. The van der Waals surface area contributed by atoms with Crippen molar-refractivity contribution in [2.24, 2.45) is 0 Å². The van der Waals surface area contributed by atoms with Crippen LogP contribution in [0.1, 0.15) is 31.9 Å². The molecule has 162 valence electrons. The van der Waals surface area contributed by atoms with Gasteiger partial charge in [-0.1, -0.05) is 51.1 Å². The molecular formula is C23H32N2O3SSi. The number of rotatable bonds is 7. The molecule has 30 heavy (non-hydrogen) atoms. The van der Waals surface area contributed by atoms with Crippen LogP contribution in [0.5, 0.6) is 0 Å². The van der Waals surface area contributed by atoms with E-state index in [0.717, 1.165) is 16.8 Å². The Balaban J connectivity index is 1.93. The predicted octanol–water partition coefficient (Wildman–Crippen LogP) is 4.80. The molecule has 0 amide bonds. The molecule has 2 aromatic heterocycles. The molecule has 1 aromatic carbocycles. The molecule has 0 aliphatic carbocycles. The Labute approximate surface area is 183 Å². The van der Waals surface area contributed by atoms with Crippen molar-refractivity contribution in [1.82, 2.24) is 9.13 Å². The van der Waals surface area contributed by atoms with Gasteiger partial charge in [-0.25, -0.2) is 4.79 Å². The molecule has 3 aromatic rings. The molecule has 0 atom stereocenters. The number of thiophene rings is 1. The lowest BCUT2D eigenvalue weighted by Crippen LogP contribution is -2.44. The molecular weight excluding hydrogens is 412 g/mol. The third-order valence-electron chi connectivity index (χ3n) is 6.17. The second kappa shape index (κ2) is 8.65. The van der Waals surface area contributed by atoms with Crippen LogP contribution in [0.25, 0.3) is 10.2 Å². The van der Waals surface area contributed by atoms with Crippen LogP contribution in [-0.4, -0.2) is 24.1 Å². The molecule has 3 rings (SSSR count). The SMILES string of the molecule is Cc1csc2c1c(=O)n(CCO[Si](C)(C)C(C)(C)C)c(=O)n2CCc1ccccc1. The van der Waals surface area contributed by atoms with E-state index in [1.807, 2.05) is 30.5 Å². The third-order valence-corrected chi connectivity index (χ3v) is 11.8. The first-order valence-electron chi connectivity index (χ1n) is 10.4. The van der Waals surface area contributed by atoms with Crippen molar-refractivity contribution in [2.75, 3.05) is 6.61 Å². The summed E-state index contributed by atoms with van der Waals surface area (Å²) in [5.41, 5.74) is 1.64. The number of aryl methyl sites for hydroxylation is 3. The maximum absolute atomic E-state index is 13.3. The lowest BCUT2D eigenvalue weighted by Gasteiger charge is -2.36. The largest absolute Gasteiger partial charge is 0.415 e. The van der Waals surface area contributed by atoms with Gasteiger partial charge in [0.25, 0.3) is 5.56 Å². The highest BCUT2D eigenvalue weighted by molar-refractivity contribution is 7.17. The second-order valence-corrected chi connectivity index (χ2v) is 15.0. The molecule has 0 fully saturated rings. The summed E-state index contributed by atoms with van der Waals surface area (Å²) in [6.45, 7) is 14.0. The summed E-state index contributed by atoms with van der Waals surface area (Å²) >= 11 is 1.47. The van der Waals surface area contributed by atoms with Gasteiger partial charge >= 0.3 is 5.69 Å². The fourth-order valence-corrected chi connectivity index (χ4v) is 5.34. The van der Waals surface area contributed by atoms with Crippen LogP contribution < -0.4 is 11.2 Å². The Morgan fingerprint density at radius 3 is 2.33 bits per heavy atom. The van der Waals surface area contributed by atoms with E-state index >= 15 is 0 Å². The quantitative estimate of drug-likeness (QED) is 0.492. The maximum Gasteiger partial charge on any atom is 0.332 e. The summed E-state index contributed by atoms with van der Waals surface area (Å²) < 4.78 is 9.35. The summed E-state index contributed by atoms with van der Waals surface area (Å²) in [6.07, 6.45) is 0.742. The van der Waals surface area contributed by atoms with Gasteiger partial charge in [-0.05, 0) is 48.0 Å². The molecule has 0 unspecified atom stereocenters. The molecule has 0 saturated heterocycles. The van der Waals surface area contributed by atoms with Gasteiger partial charge in [0.15, 0.2) is 8.32 Å². The molecule has 0 spiro atoms. The molecule has 0 bridgehead atoms. The zero-order chi connectivity index (χ0) is 22.1. The summed E-state index contributed by atoms with van der Waals surface area (Å²) in [5, 5.41) is 2.70. The molecule has 0 aliphatic heterocycles. The molecule has 7 heteroatoms. The molecule has 2 heterocycles. The molecule has 0 aliphatic rings. The summed E-state index contributed by atoms with van der Waals surface area (Å²) in [5.74, 6) is 0. The van der Waals surface area contributed by atoms with Gasteiger partial charge < -0.3 is 4.43 Å². The highest BCUT2D eigenvalue weighted by Gasteiger charge is 2.37. The van der Waals surface area contributed by atoms with Crippen LogP contribution in [0.3, 0.4) is 0 Å². The van der Waals surface area contributed by atoms with E-state index in [2.05, 4.69) is 46.0 Å². The highest BCUT2D eigenvalue weighted by atomic mass is 32.1. The topological polar surface area (TPSA) is 53.2 Å². The second-order valence-electron chi connectivity index (χ2n) is 9.33. The van der Waals surface area contributed by atoms with Gasteiger partial charge in [0.2, 0.25) is 0 Å². The number of hydrogen-bond acceptors (Lipinski definition) is 4. The first kappa shape index (κ1) is 22.7. The van der Waals surface area contributed by atoms with Crippen molar-refractivity contribution in [3.8, 4) is 0 Å². The number of hydrogen-bond donors (Lipinski definition) is 0. The monoisotopic (exact) mass is 444 g/mol. The van der Waals surface area contributed by atoms with Crippen molar-refractivity contribution in [1.29, 1.82) is 0 Å². The summed E-state index contributed by atoms with van der Waals surface area (Å²) in [6, 6.07) is 10.1. The van der Waals surface area contributed by atoms with Gasteiger partial charge in [-0.3, -0.25) is 13.9 Å². The molecule has 0 saturated carbocycles. The Kier molecular flexibility index (Phi) is 6.55. The van der Waals surface area contributed by atoms with Crippen LogP contribution in [0.2, 0.25) is 18.1 Å². The van der Waals surface area contributed by atoms with Crippen molar-refractivity contribution < 1.29 is 4.43 Å². The fourth-order valence-electron chi connectivity index (χ4n) is 3.23. The van der Waals surface area contributed by atoms with Gasteiger partial charge in [0.1, 0.15) is 4.83 Å². The van der Waals surface area contributed by atoms with Crippen molar-refractivity contribution >= 4 is 29.9 Å². The third kappa shape index (κ3) is 4.53. The van der Waals surface area contributed by atoms with Crippen LogP contribution in [0.4, 0.5) is 0 Å². The molecule has 5 nitrogen and oxygen atoms in total. The van der Waals surface area contributed by atoms with E-state index in [4.69, 9.17) is 4.43 Å². The Bertz CT molecular complexity index is 1140. The summed E-state index contributed by atoms with van der Waals surface area (Å²) in [4.78, 5) is 27.2. The smallest absolute Gasteiger partial charge is 0.332 e. The first-order chi connectivity index (χ1) is 14.0. The normalized spacial score (nSPS) is 12.6. The number of nitrogens with zero attached hydrogens (tertiary/aromatic N) is 2. The van der Waals surface area contributed by atoms with Crippen LogP contribution >= 0.6 is 11.3 Å². The van der Waals surface area contributed by atoms with Crippen LogP contribution in [0, 0.1) is 6.92 Å². The minimum absolute atomic E-state index is 0.0851. The van der Waals surface area contributed by atoms with Crippen LogP contribution in [0.15, 0.2) is 45.3 Å². The van der Waals surface area contributed by atoms with E-state index in [1.54, 1.807) is 4.57 Å². The number of benzene rings is 1. The van der Waals surface area contributed by atoms with Crippen molar-refractivity contribution in [3.05, 3.63) is 67.7 Å². The molecule has 0 N–H and O–H groups in total. The zero-order valence-corrected chi connectivity index (χ0v) is 20.6. The molecule has 0 radical (unpaired) electrons. The standard InChI is InChI=1S/C23H32N2O3SSi/c1-17-16-29-21-19(17)20(26)24(14-15-28-30(5,6)23(2,3)4)22(27)25(21)13-12-18-10-8-7-9-11-18/h7-11,16H,12-15H2,1-6H3. The Hall–Kier alpha value is -1.96. The average Bonchev–Trinajstić information content (AvgIpc) is 3.06. The number of fused-ring (bicyclic) bond motifs is 1. The summed E-state index contributed by atoms with van der Waals surface area (Å²) in [7, 11) is -1.94. The van der Waals surface area contributed by atoms with Crippen LogP contribution in [-0.2, 0) is 23.9 Å². The predicted molar refractivity (Wildman–Crippen MR) is 128 cm³/mol. The van der Waals surface area contributed by atoms with E-state index in [9.17, 15) is 9.59 Å². The average molecular weight is 445 g/mol. The first-order valence-corrected chi connectivity index (χ1v) is 14.2. The van der Waals surface area contributed by atoms with Gasteiger partial charge in [0, 0.05) is 6.54 Å².